The van der Waals surface area contributed by atoms with Crippen LogP contribution in [0.1, 0.15) is 35.7 Å². The molecule has 0 aliphatic heterocycles. The van der Waals surface area contributed by atoms with Gasteiger partial charge in [-0.3, -0.25) is 4.79 Å². The van der Waals surface area contributed by atoms with Gasteiger partial charge in [0.1, 0.15) is 0 Å². The number of nitrogens with one attached hydrogen (secondary N) is 1. The Balaban J connectivity index is 2.25. The molecule has 1 amide bonds. The van der Waals surface area contributed by atoms with Crippen LogP contribution in [0.25, 0.3) is 0 Å². The van der Waals surface area contributed by atoms with E-state index in [1.807, 2.05) is 24.3 Å². The Morgan fingerprint density at radius 2 is 1.90 bits per heavy atom. The summed E-state index contributed by atoms with van der Waals surface area (Å²) < 4.78 is 10.1. The van der Waals surface area contributed by atoms with E-state index in [0.29, 0.717) is 31.9 Å². The molecule has 0 aliphatic carbocycles. The molecule has 0 saturated carbocycles. The topological polar surface area (TPSA) is 47.6 Å². The molecule has 4 heteroatoms. The van der Waals surface area contributed by atoms with Gasteiger partial charge in [-0.15, -0.1) is 0 Å². The number of amides is 1. The lowest BCUT2D eigenvalue weighted by molar-refractivity contribution is 0.0692. The standard InChI is InChI=1S/C16H25NO3/c1-3-4-5-14-6-8-15(9-7-14)16(18)17-10-11-20-13-12-19-2/h6-9H,3-5,10-13H2,1-2H3,(H,17,18). The Bertz CT molecular complexity index is 376. The maximum absolute atomic E-state index is 11.9. The molecular weight excluding hydrogens is 254 g/mol. The van der Waals surface area contributed by atoms with Crippen molar-refractivity contribution in [2.45, 2.75) is 26.2 Å². The number of aryl methyl sites for hydroxylation is 1. The van der Waals surface area contributed by atoms with Gasteiger partial charge in [-0.1, -0.05) is 25.5 Å². The van der Waals surface area contributed by atoms with Crippen LogP contribution in [0.15, 0.2) is 24.3 Å². The lowest BCUT2D eigenvalue weighted by atomic mass is 10.1. The average molecular weight is 279 g/mol. The zero-order chi connectivity index (χ0) is 14.6. The minimum atomic E-state index is -0.0533. The van der Waals surface area contributed by atoms with E-state index < -0.39 is 0 Å². The van der Waals surface area contributed by atoms with Gasteiger partial charge in [-0.2, -0.15) is 0 Å². The van der Waals surface area contributed by atoms with E-state index in [0.717, 1.165) is 6.42 Å². The van der Waals surface area contributed by atoms with Crippen molar-refractivity contribution < 1.29 is 14.3 Å². The Hall–Kier alpha value is -1.39. The molecule has 0 saturated heterocycles. The van der Waals surface area contributed by atoms with Crippen molar-refractivity contribution in [2.24, 2.45) is 0 Å². The molecule has 1 N–H and O–H groups in total. The van der Waals surface area contributed by atoms with Crippen molar-refractivity contribution in [3.63, 3.8) is 0 Å². The molecule has 0 radical (unpaired) electrons. The van der Waals surface area contributed by atoms with E-state index in [1.165, 1.54) is 18.4 Å². The summed E-state index contributed by atoms with van der Waals surface area (Å²) in [5.74, 6) is -0.0533. The number of methoxy groups -OCH3 is 1. The molecule has 1 rings (SSSR count). The second-order valence-electron chi connectivity index (χ2n) is 4.66. The van der Waals surface area contributed by atoms with Crippen LogP contribution in [-0.2, 0) is 15.9 Å². The molecule has 0 bridgehead atoms. The summed E-state index contributed by atoms with van der Waals surface area (Å²) in [6, 6.07) is 7.82. The first-order valence-electron chi connectivity index (χ1n) is 7.21. The summed E-state index contributed by atoms with van der Waals surface area (Å²) in [6.07, 6.45) is 3.45. The summed E-state index contributed by atoms with van der Waals surface area (Å²) >= 11 is 0. The first-order valence-corrected chi connectivity index (χ1v) is 7.21. The summed E-state index contributed by atoms with van der Waals surface area (Å²) in [5, 5.41) is 2.83. The van der Waals surface area contributed by atoms with Gasteiger partial charge in [0.15, 0.2) is 0 Å². The number of ether oxygens (including phenoxy) is 2. The third-order valence-electron chi connectivity index (χ3n) is 3.00. The third-order valence-corrected chi connectivity index (χ3v) is 3.00. The van der Waals surface area contributed by atoms with Crippen LogP contribution in [0.2, 0.25) is 0 Å². The SMILES string of the molecule is CCCCc1ccc(C(=O)NCCOCCOC)cc1. The molecule has 0 unspecified atom stereocenters. The Morgan fingerprint density at radius 1 is 1.15 bits per heavy atom. The smallest absolute Gasteiger partial charge is 0.251 e. The highest BCUT2D eigenvalue weighted by molar-refractivity contribution is 5.94. The first kappa shape index (κ1) is 16.7. The molecule has 0 atom stereocenters. The number of hydrogen-bond donors (Lipinski definition) is 1. The molecule has 0 spiro atoms. The number of carbonyl (C=O) groups excluding carboxylic acids is 1. The Morgan fingerprint density at radius 3 is 2.55 bits per heavy atom. The van der Waals surface area contributed by atoms with Gasteiger partial charge in [0, 0.05) is 19.2 Å². The zero-order valence-electron chi connectivity index (χ0n) is 12.5. The molecule has 0 fully saturated rings. The third kappa shape index (κ3) is 6.68. The Kier molecular flexibility index (Phi) is 8.67. The van der Waals surface area contributed by atoms with Crippen LogP contribution in [0, 0.1) is 0 Å². The predicted molar refractivity (Wildman–Crippen MR) is 80.1 cm³/mol. The van der Waals surface area contributed by atoms with Gasteiger partial charge in [0.2, 0.25) is 0 Å². The van der Waals surface area contributed by atoms with Crippen molar-refractivity contribution in [3.05, 3.63) is 35.4 Å². The van der Waals surface area contributed by atoms with Gasteiger partial charge in [-0.25, -0.2) is 0 Å². The number of hydrogen-bond acceptors (Lipinski definition) is 3. The summed E-state index contributed by atoms with van der Waals surface area (Å²) in [4.78, 5) is 11.9. The fraction of sp³-hybridized carbons (Fsp3) is 0.562. The highest BCUT2D eigenvalue weighted by Gasteiger charge is 2.04. The van der Waals surface area contributed by atoms with Crippen LogP contribution in [-0.4, -0.2) is 39.4 Å². The van der Waals surface area contributed by atoms with Crippen LogP contribution in [0.5, 0.6) is 0 Å². The largest absolute Gasteiger partial charge is 0.382 e. The van der Waals surface area contributed by atoms with Crippen LogP contribution in [0.3, 0.4) is 0 Å². The van der Waals surface area contributed by atoms with Crippen molar-refractivity contribution >= 4 is 5.91 Å². The minimum absolute atomic E-state index is 0.0533. The van der Waals surface area contributed by atoms with E-state index in [4.69, 9.17) is 9.47 Å². The second-order valence-corrected chi connectivity index (χ2v) is 4.66. The van der Waals surface area contributed by atoms with Crippen molar-refractivity contribution in [2.75, 3.05) is 33.5 Å². The fourth-order valence-corrected chi connectivity index (χ4v) is 1.79. The normalized spacial score (nSPS) is 10.5. The van der Waals surface area contributed by atoms with Crippen molar-refractivity contribution in [1.29, 1.82) is 0 Å². The van der Waals surface area contributed by atoms with Crippen LogP contribution >= 0.6 is 0 Å². The van der Waals surface area contributed by atoms with E-state index in [1.54, 1.807) is 7.11 Å². The van der Waals surface area contributed by atoms with Gasteiger partial charge < -0.3 is 14.8 Å². The predicted octanol–water partition coefficient (Wildman–Crippen LogP) is 2.42. The highest BCUT2D eigenvalue weighted by atomic mass is 16.5. The number of carbonyl (C=O) groups is 1. The molecular formula is C16H25NO3. The average Bonchev–Trinajstić information content (AvgIpc) is 2.49. The molecule has 4 nitrogen and oxygen atoms in total. The van der Waals surface area contributed by atoms with Crippen molar-refractivity contribution in [3.8, 4) is 0 Å². The second kappa shape index (κ2) is 10.4. The van der Waals surface area contributed by atoms with Gasteiger partial charge in [-0.05, 0) is 30.5 Å². The number of benzene rings is 1. The van der Waals surface area contributed by atoms with E-state index >= 15 is 0 Å². The molecule has 20 heavy (non-hydrogen) atoms. The van der Waals surface area contributed by atoms with E-state index in [9.17, 15) is 4.79 Å². The van der Waals surface area contributed by atoms with Gasteiger partial charge >= 0.3 is 0 Å². The maximum Gasteiger partial charge on any atom is 0.251 e. The molecule has 112 valence electrons. The number of rotatable bonds is 10. The maximum atomic E-state index is 11.9. The molecule has 1 aromatic carbocycles. The Labute approximate surface area is 121 Å². The zero-order valence-corrected chi connectivity index (χ0v) is 12.5. The molecule has 0 aliphatic rings. The quantitative estimate of drug-likeness (QED) is 0.669. The first-order chi connectivity index (χ1) is 9.77. The van der Waals surface area contributed by atoms with E-state index in [-0.39, 0.29) is 5.91 Å². The summed E-state index contributed by atoms with van der Waals surface area (Å²) in [6.45, 7) is 4.33. The molecule has 0 heterocycles. The number of unbranched alkanes of at least 4 members (excludes halogenated alkanes) is 1. The van der Waals surface area contributed by atoms with Crippen molar-refractivity contribution in [1.82, 2.24) is 5.32 Å². The fourth-order valence-electron chi connectivity index (χ4n) is 1.79. The lowest BCUT2D eigenvalue weighted by Gasteiger charge is -2.07. The highest BCUT2D eigenvalue weighted by Crippen LogP contribution is 2.07. The summed E-state index contributed by atoms with van der Waals surface area (Å²) in [7, 11) is 1.63. The molecule has 0 aromatic heterocycles. The molecule has 1 aromatic rings. The van der Waals surface area contributed by atoms with Crippen LogP contribution < -0.4 is 5.32 Å². The van der Waals surface area contributed by atoms with E-state index in [2.05, 4.69) is 12.2 Å². The van der Waals surface area contributed by atoms with Gasteiger partial charge in [0.25, 0.3) is 5.91 Å². The monoisotopic (exact) mass is 279 g/mol. The minimum Gasteiger partial charge on any atom is -0.382 e. The van der Waals surface area contributed by atoms with Crippen LogP contribution in [0.4, 0.5) is 0 Å². The lowest BCUT2D eigenvalue weighted by Crippen LogP contribution is -2.27. The van der Waals surface area contributed by atoms with Gasteiger partial charge in [0.05, 0.1) is 19.8 Å². The summed E-state index contributed by atoms with van der Waals surface area (Å²) in [5.41, 5.74) is 1.98.